The highest BCUT2D eigenvalue weighted by Crippen LogP contribution is 2.40. The summed E-state index contributed by atoms with van der Waals surface area (Å²) in [4.78, 5) is 13.5. The van der Waals surface area contributed by atoms with Crippen molar-refractivity contribution in [1.29, 1.82) is 0 Å². The van der Waals surface area contributed by atoms with E-state index in [1.165, 1.54) is 12.7 Å². The Hall–Kier alpha value is -0.620. The lowest BCUT2D eigenvalue weighted by Gasteiger charge is -2.34. The molecule has 6 heteroatoms. The maximum Gasteiger partial charge on any atom is 0.320 e. The maximum absolute atomic E-state index is 11.5. The second-order valence-corrected chi connectivity index (χ2v) is 8.78. The van der Waals surface area contributed by atoms with Crippen molar-refractivity contribution in [2.24, 2.45) is 11.8 Å². The Balaban J connectivity index is 2.07. The molecule has 2 fully saturated rings. The fraction of sp³-hybridized carbons (Fsp3) is 0.929. The van der Waals surface area contributed by atoms with E-state index in [-0.39, 0.29) is 11.7 Å². The molecule has 0 radical (unpaired) electrons. The molecule has 5 nitrogen and oxygen atoms in total. The fourth-order valence-corrected chi connectivity index (χ4v) is 5.13. The van der Waals surface area contributed by atoms with Crippen molar-refractivity contribution in [2.75, 3.05) is 18.6 Å². The van der Waals surface area contributed by atoms with E-state index >= 15 is 0 Å². The lowest BCUT2D eigenvalue weighted by molar-refractivity contribution is -0.142. The van der Waals surface area contributed by atoms with Crippen molar-refractivity contribution < 1.29 is 18.3 Å². The third-order valence-corrected chi connectivity index (χ3v) is 5.79. The number of hydrogen-bond donors (Lipinski definition) is 1. The van der Waals surface area contributed by atoms with Gasteiger partial charge in [-0.05, 0) is 31.1 Å². The summed E-state index contributed by atoms with van der Waals surface area (Å²) in [6.07, 6.45) is 6.49. The van der Waals surface area contributed by atoms with Crippen molar-refractivity contribution in [3.05, 3.63) is 0 Å². The van der Waals surface area contributed by atoms with Crippen LogP contribution in [0.4, 0.5) is 0 Å². The van der Waals surface area contributed by atoms with Crippen molar-refractivity contribution >= 4 is 15.8 Å². The molecule has 1 aliphatic heterocycles. The zero-order valence-corrected chi connectivity index (χ0v) is 13.1. The smallest absolute Gasteiger partial charge is 0.320 e. The molecule has 2 rings (SSSR count). The highest BCUT2D eigenvalue weighted by atomic mass is 32.2. The Morgan fingerprint density at radius 2 is 2.00 bits per heavy atom. The second kappa shape index (κ2) is 6.02. The van der Waals surface area contributed by atoms with Gasteiger partial charge in [-0.15, -0.1) is 0 Å². The molecule has 1 saturated heterocycles. The lowest BCUT2D eigenvalue weighted by Crippen LogP contribution is -2.45. The van der Waals surface area contributed by atoms with Gasteiger partial charge in [-0.2, -0.15) is 0 Å². The Morgan fingerprint density at radius 3 is 2.60 bits per heavy atom. The number of carboxylic acid groups (broad SMARTS) is 1. The van der Waals surface area contributed by atoms with Gasteiger partial charge in [0.25, 0.3) is 0 Å². The van der Waals surface area contributed by atoms with Crippen LogP contribution in [0.3, 0.4) is 0 Å². The Labute approximate surface area is 121 Å². The molecule has 2 aliphatic rings. The zero-order valence-electron chi connectivity index (χ0n) is 12.3. The molecule has 20 heavy (non-hydrogen) atoms. The summed E-state index contributed by atoms with van der Waals surface area (Å²) in [6, 6.07) is -0.0861. The fourth-order valence-electron chi connectivity index (χ4n) is 3.99. The minimum atomic E-state index is -3.01. The molecule has 0 aromatic heterocycles. The SMILES string of the molecule is CC(CN1C(C(=O)O)CC2CCCCC21)CS(C)(=O)=O. The topological polar surface area (TPSA) is 74.7 Å². The van der Waals surface area contributed by atoms with E-state index in [2.05, 4.69) is 4.90 Å². The van der Waals surface area contributed by atoms with E-state index in [4.69, 9.17) is 0 Å². The van der Waals surface area contributed by atoms with Crippen LogP contribution in [-0.4, -0.2) is 55.0 Å². The number of aliphatic carboxylic acids is 1. The number of carboxylic acids is 1. The number of likely N-dealkylation sites (tertiary alicyclic amines) is 1. The third-order valence-electron chi connectivity index (χ3n) is 4.62. The minimum Gasteiger partial charge on any atom is -0.480 e. The number of sulfone groups is 1. The first-order chi connectivity index (χ1) is 9.28. The average Bonchev–Trinajstić information content (AvgIpc) is 2.66. The number of hydrogen-bond acceptors (Lipinski definition) is 4. The molecular formula is C14H25NO4S. The Morgan fingerprint density at radius 1 is 1.35 bits per heavy atom. The van der Waals surface area contributed by atoms with Gasteiger partial charge >= 0.3 is 5.97 Å². The van der Waals surface area contributed by atoms with E-state index < -0.39 is 21.8 Å². The predicted octanol–water partition coefficient (Wildman–Crippen LogP) is 1.38. The highest BCUT2D eigenvalue weighted by Gasteiger charge is 2.45. The van der Waals surface area contributed by atoms with Crippen LogP contribution in [-0.2, 0) is 14.6 Å². The molecule has 4 unspecified atom stereocenters. The number of nitrogens with zero attached hydrogens (tertiary/aromatic N) is 1. The molecule has 0 aromatic carbocycles. The van der Waals surface area contributed by atoms with Gasteiger partial charge in [-0.1, -0.05) is 19.8 Å². The second-order valence-electron chi connectivity index (χ2n) is 6.60. The zero-order chi connectivity index (χ0) is 14.9. The summed E-state index contributed by atoms with van der Waals surface area (Å²) in [5.41, 5.74) is 0. The van der Waals surface area contributed by atoms with E-state index in [9.17, 15) is 18.3 Å². The lowest BCUT2D eigenvalue weighted by atomic mass is 9.84. The number of carbonyl (C=O) groups is 1. The minimum absolute atomic E-state index is 0.0208. The molecule has 116 valence electrons. The van der Waals surface area contributed by atoms with E-state index in [1.54, 1.807) is 0 Å². The normalized spacial score (nSPS) is 32.8. The molecule has 0 amide bonds. The summed E-state index contributed by atoms with van der Waals surface area (Å²) in [5.74, 6) is -0.165. The summed E-state index contributed by atoms with van der Waals surface area (Å²) in [7, 11) is -3.01. The van der Waals surface area contributed by atoms with Crippen LogP contribution >= 0.6 is 0 Å². The molecule has 1 heterocycles. The molecule has 1 N–H and O–H groups in total. The first-order valence-electron chi connectivity index (χ1n) is 7.44. The van der Waals surface area contributed by atoms with E-state index in [1.807, 2.05) is 6.92 Å². The van der Waals surface area contributed by atoms with Crippen molar-refractivity contribution in [3.8, 4) is 0 Å². The van der Waals surface area contributed by atoms with Crippen LogP contribution in [0.25, 0.3) is 0 Å². The van der Waals surface area contributed by atoms with Crippen LogP contribution < -0.4 is 0 Å². The maximum atomic E-state index is 11.5. The standard InChI is InChI=1S/C14H25NO4S/c1-10(9-20(2,18)19)8-15-12-6-4-3-5-11(12)7-13(15)14(16)17/h10-13H,3-9H2,1-2H3,(H,16,17). The Bertz CT molecular complexity index is 462. The van der Waals surface area contributed by atoms with Gasteiger partial charge in [0.05, 0.1) is 5.75 Å². The molecule has 1 aliphatic carbocycles. The van der Waals surface area contributed by atoms with E-state index in [0.717, 1.165) is 25.7 Å². The molecule has 0 spiro atoms. The summed E-state index contributed by atoms with van der Waals surface area (Å²) < 4.78 is 22.8. The monoisotopic (exact) mass is 303 g/mol. The molecular weight excluding hydrogens is 278 g/mol. The van der Waals surface area contributed by atoms with Crippen molar-refractivity contribution in [3.63, 3.8) is 0 Å². The summed E-state index contributed by atoms with van der Waals surface area (Å²) in [5, 5.41) is 9.42. The molecule has 1 saturated carbocycles. The van der Waals surface area contributed by atoms with Gasteiger partial charge in [-0.3, -0.25) is 9.69 Å². The summed E-state index contributed by atoms with van der Waals surface area (Å²) >= 11 is 0. The van der Waals surface area contributed by atoms with Gasteiger partial charge in [0.2, 0.25) is 0 Å². The molecule has 4 atom stereocenters. The van der Waals surface area contributed by atoms with Crippen LogP contribution in [0, 0.1) is 11.8 Å². The van der Waals surface area contributed by atoms with Crippen LogP contribution in [0.1, 0.15) is 39.0 Å². The molecule has 0 bridgehead atoms. The van der Waals surface area contributed by atoms with Gasteiger partial charge in [-0.25, -0.2) is 8.42 Å². The number of rotatable bonds is 5. The van der Waals surface area contributed by atoms with E-state index in [0.29, 0.717) is 18.5 Å². The van der Waals surface area contributed by atoms with Gasteiger partial charge in [0.15, 0.2) is 0 Å². The van der Waals surface area contributed by atoms with Gasteiger partial charge in [0.1, 0.15) is 15.9 Å². The van der Waals surface area contributed by atoms with Gasteiger partial charge in [0, 0.05) is 18.8 Å². The Kier molecular flexibility index (Phi) is 4.74. The van der Waals surface area contributed by atoms with Crippen molar-refractivity contribution in [1.82, 2.24) is 4.90 Å². The highest BCUT2D eigenvalue weighted by molar-refractivity contribution is 7.90. The van der Waals surface area contributed by atoms with Crippen LogP contribution in [0.15, 0.2) is 0 Å². The van der Waals surface area contributed by atoms with Gasteiger partial charge < -0.3 is 5.11 Å². The van der Waals surface area contributed by atoms with Crippen LogP contribution in [0.5, 0.6) is 0 Å². The third kappa shape index (κ3) is 3.73. The first-order valence-corrected chi connectivity index (χ1v) is 9.50. The van der Waals surface area contributed by atoms with Crippen LogP contribution in [0.2, 0.25) is 0 Å². The summed E-state index contributed by atoms with van der Waals surface area (Å²) in [6.45, 7) is 2.47. The molecule has 0 aromatic rings. The number of fused-ring (bicyclic) bond motifs is 1. The quantitative estimate of drug-likeness (QED) is 0.830. The predicted molar refractivity (Wildman–Crippen MR) is 77.4 cm³/mol. The average molecular weight is 303 g/mol. The first kappa shape index (κ1) is 15.8. The van der Waals surface area contributed by atoms with Crippen molar-refractivity contribution in [2.45, 2.75) is 51.1 Å². The largest absolute Gasteiger partial charge is 0.480 e.